The number of aromatic hydroxyl groups is 2. The van der Waals surface area contributed by atoms with Gasteiger partial charge in [-0.25, -0.2) is 0 Å². The lowest BCUT2D eigenvalue weighted by atomic mass is 10.0. The van der Waals surface area contributed by atoms with E-state index in [4.69, 9.17) is 17.3 Å². The number of phenolic OH excluding ortho intramolecular Hbond substituents is 2. The summed E-state index contributed by atoms with van der Waals surface area (Å²) in [5.74, 6) is -0.460. The molecule has 0 aliphatic rings. The molecule has 0 heterocycles. The number of phenols is 2. The first-order valence-corrected chi connectivity index (χ1v) is 4.95. The van der Waals surface area contributed by atoms with Gasteiger partial charge in [-0.3, -0.25) is 0 Å². The van der Waals surface area contributed by atoms with Crippen molar-refractivity contribution in [3.63, 3.8) is 0 Å². The van der Waals surface area contributed by atoms with Crippen molar-refractivity contribution in [3.05, 3.63) is 22.2 Å². The van der Waals surface area contributed by atoms with E-state index in [1.807, 2.05) is 0 Å². The van der Waals surface area contributed by atoms with Crippen molar-refractivity contribution in [2.75, 3.05) is 6.54 Å². The summed E-state index contributed by atoms with van der Waals surface area (Å²) >= 11 is 5.69. The molecule has 1 unspecified atom stereocenters. The Morgan fingerprint density at radius 2 is 2.00 bits per heavy atom. The Labute approximate surface area is 92.9 Å². The number of aliphatic hydroxyl groups is 1. The maximum absolute atomic E-state index is 9.66. The van der Waals surface area contributed by atoms with E-state index >= 15 is 0 Å². The molecule has 0 aromatic heterocycles. The average molecular weight is 232 g/mol. The highest BCUT2D eigenvalue weighted by molar-refractivity contribution is 6.33. The molecule has 1 atom stereocenters. The van der Waals surface area contributed by atoms with Gasteiger partial charge in [0.15, 0.2) is 0 Å². The standard InChI is InChI=1S/C10H14ClNO3/c1-5-4-6(7(13)2-3-12)10(15)8(11)9(5)14/h4,7,13-15H,2-3,12H2,1H3. The Bertz CT molecular complexity index is 368. The van der Waals surface area contributed by atoms with Gasteiger partial charge in [-0.1, -0.05) is 11.6 Å². The van der Waals surface area contributed by atoms with Crippen LogP contribution in [0.15, 0.2) is 6.07 Å². The van der Waals surface area contributed by atoms with E-state index in [1.54, 1.807) is 6.92 Å². The van der Waals surface area contributed by atoms with Crippen molar-refractivity contribution in [3.8, 4) is 11.5 Å². The SMILES string of the molecule is Cc1cc(C(O)CCN)c(O)c(Cl)c1O. The Hall–Kier alpha value is -0.970. The molecule has 5 heteroatoms. The zero-order valence-electron chi connectivity index (χ0n) is 8.37. The van der Waals surface area contributed by atoms with E-state index in [-0.39, 0.29) is 16.5 Å². The quantitative estimate of drug-likeness (QED) is 0.634. The van der Waals surface area contributed by atoms with Crippen molar-refractivity contribution >= 4 is 11.6 Å². The molecule has 1 aromatic carbocycles. The molecule has 0 amide bonds. The van der Waals surface area contributed by atoms with Crippen LogP contribution in [0.5, 0.6) is 11.5 Å². The molecule has 1 rings (SSSR count). The monoisotopic (exact) mass is 231 g/mol. The number of halogens is 1. The topological polar surface area (TPSA) is 86.7 Å². The summed E-state index contributed by atoms with van der Waals surface area (Å²) in [7, 11) is 0. The zero-order chi connectivity index (χ0) is 11.6. The fourth-order valence-corrected chi connectivity index (χ4v) is 1.61. The van der Waals surface area contributed by atoms with Gasteiger partial charge in [0, 0.05) is 5.56 Å². The molecular weight excluding hydrogens is 218 g/mol. The first-order chi connectivity index (χ1) is 6.99. The second-order valence-electron chi connectivity index (χ2n) is 3.39. The third-order valence-electron chi connectivity index (χ3n) is 2.23. The fraction of sp³-hybridized carbons (Fsp3) is 0.400. The maximum Gasteiger partial charge on any atom is 0.143 e. The molecule has 0 fully saturated rings. The summed E-state index contributed by atoms with van der Waals surface area (Å²) in [5.41, 5.74) is 6.09. The number of rotatable bonds is 3. The highest BCUT2D eigenvalue weighted by atomic mass is 35.5. The van der Waals surface area contributed by atoms with Gasteiger partial charge >= 0.3 is 0 Å². The third-order valence-corrected chi connectivity index (χ3v) is 2.59. The van der Waals surface area contributed by atoms with E-state index < -0.39 is 6.10 Å². The van der Waals surface area contributed by atoms with Crippen molar-refractivity contribution in [2.45, 2.75) is 19.4 Å². The van der Waals surface area contributed by atoms with Crippen LogP contribution in [0.3, 0.4) is 0 Å². The maximum atomic E-state index is 9.66. The van der Waals surface area contributed by atoms with Gasteiger partial charge < -0.3 is 21.1 Å². The van der Waals surface area contributed by atoms with Crippen LogP contribution in [0.25, 0.3) is 0 Å². The Morgan fingerprint density at radius 3 is 2.53 bits per heavy atom. The van der Waals surface area contributed by atoms with Crippen LogP contribution in [0.1, 0.15) is 23.7 Å². The van der Waals surface area contributed by atoms with Gasteiger partial charge in [0.2, 0.25) is 0 Å². The summed E-state index contributed by atoms with van der Waals surface area (Å²) in [6.07, 6.45) is -0.541. The molecule has 5 N–H and O–H groups in total. The van der Waals surface area contributed by atoms with Crippen LogP contribution in [0, 0.1) is 6.92 Å². The predicted octanol–water partition coefficient (Wildman–Crippen LogP) is 1.44. The minimum atomic E-state index is -0.869. The lowest BCUT2D eigenvalue weighted by molar-refractivity contribution is 0.166. The average Bonchev–Trinajstić information content (AvgIpc) is 2.20. The van der Waals surface area contributed by atoms with Gasteiger partial charge in [-0.15, -0.1) is 0 Å². The molecule has 0 aliphatic carbocycles. The molecule has 84 valence electrons. The van der Waals surface area contributed by atoms with Gasteiger partial charge in [0.25, 0.3) is 0 Å². The van der Waals surface area contributed by atoms with Crippen molar-refractivity contribution in [2.24, 2.45) is 5.73 Å². The van der Waals surface area contributed by atoms with E-state index in [0.717, 1.165) is 0 Å². The molecule has 1 aromatic rings. The lowest BCUT2D eigenvalue weighted by Crippen LogP contribution is -2.07. The van der Waals surface area contributed by atoms with Crippen molar-refractivity contribution in [1.29, 1.82) is 0 Å². The van der Waals surface area contributed by atoms with E-state index in [9.17, 15) is 15.3 Å². The smallest absolute Gasteiger partial charge is 0.143 e. The van der Waals surface area contributed by atoms with Gasteiger partial charge in [-0.05, 0) is 31.5 Å². The van der Waals surface area contributed by atoms with E-state index in [2.05, 4.69) is 0 Å². The lowest BCUT2D eigenvalue weighted by Gasteiger charge is -2.14. The summed E-state index contributed by atoms with van der Waals surface area (Å²) in [5, 5.41) is 28.6. The van der Waals surface area contributed by atoms with Gasteiger partial charge in [0.1, 0.15) is 16.5 Å². The van der Waals surface area contributed by atoms with Crippen LogP contribution in [0.4, 0.5) is 0 Å². The van der Waals surface area contributed by atoms with Crippen LogP contribution in [-0.2, 0) is 0 Å². The number of aryl methyl sites for hydroxylation is 1. The molecule has 0 aliphatic heterocycles. The Balaban J connectivity index is 3.19. The molecule has 0 spiro atoms. The van der Waals surface area contributed by atoms with E-state index in [0.29, 0.717) is 24.1 Å². The minimum absolute atomic E-state index is 0.138. The number of aliphatic hydroxyl groups excluding tert-OH is 1. The normalized spacial score (nSPS) is 12.8. The number of hydrogen-bond acceptors (Lipinski definition) is 4. The second-order valence-corrected chi connectivity index (χ2v) is 3.77. The zero-order valence-corrected chi connectivity index (χ0v) is 9.12. The molecule has 4 nitrogen and oxygen atoms in total. The first-order valence-electron chi connectivity index (χ1n) is 4.58. The van der Waals surface area contributed by atoms with Crippen LogP contribution < -0.4 is 5.73 Å². The molecule has 0 bridgehead atoms. The van der Waals surface area contributed by atoms with Gasteiger partial charge in [-0.2, -0.15) is 0 Å². The second kappa shape index (κ2) is 4.70. The third kappa shape index (κ3) is 2.34. The summed E-state index contributed by atoms with van der Waals surface area (Å²) in [6.45, 7) is 1.94. The highest BCUT2D eigenvalue weighted by Gasteiger charge is 2.18. The minimum Gasteiger partial charge on any atom is -0.506 e. The summed E-state index contributed by atoms with van der Waals surface area (Å²) < 4.78 is 0. The van der Waals surface area contributed by atoms with Crippen LogP contribution in [-0.4, -0.2) is 21.9 Å². The highest BCUT2D eigenvalue weighted by Crippen LogP contribution is 2.40. The Kier molecular flexibility index (Phi) is 3.79. The summed E-state index contributed by atoms with van der Waals surface area (Å²) in [6, 6.07) is 1.50. The molecule has 0 radical (unpaired) electrons. The molecule has 0 saturated heterocycles. The van der Waals surface area contributed by atoms with Crippen molar-refractivity contribution in [1.82, 2.24) is 0 Å². The number of nitrogens with two attached hydrogens (primary N) is 1. The molecule has 0 saturated carbocycles. The summed E-state index contributed by atoms with van der Waals surface area (Å²) in [4.78, 5) is 0. The number of benzene rings is 1. The van der Waals surface area contributed by atoms with E-state index in [1.165, 1.54) is 6.07 Å². The largest absolute Gasteiger partial charge is 0.506 e. The first kappa shape index (κ1) is 12.1. The molecule has 15 heavy (non-hydrogen) atoms. The van der Waals surface area contributed by atoms with Gasteiger partial charge in [0.05, 0.1) is 6.10 Å². The predicted molar refractivity (Wildman–Crippen MR) is 58.1 cm³/mol. The van der Waals surface area contributed by atoms with Crippen LogP contribution in [0.2, 0.25) is 5.02 Å². The number of hydrogen-bond donors (Lipinski definition) is 4. The molecular formula is C10H14ClNO3. The van der Waals surface area contributed by atoms with Crippen LogP contribution >= 0.6 is 11.6 Å². The van der Waals surface area contributed by atoms with Crippen molar-refractivity contribution < 1.29 is 15.3 Å². The Morgan fingerprint density at radius 1 is 1.40 bits per heavy atom. The fourth-order valence-electron chi connectivity index (χ4n) is 1.35.